The van der Waals surface area contributed by atoms with E-state index in [9.17, 15) is 4.79 Å². The molecule has 25 heavy (non-hydrogen) atoms. The van der Waals surface area contributed by atoms with Crippen molar-refractivity contribution in [3.63, 3.8) is 0 Å². The Balaban J connectivity index is 1.28. The highest BCUT2D eigenvalue weighted by Gasteiger charge is 2.27. The van der Waals surface area contributed by atoms with E-state index in [1.165, 1.54) is 5.56 Å². The predicted octanol–water partition coefficient (Wildman–Crippen LogP) is 2.23. The fourth-order valence-corrected chi connectivity index (χ4v) is 3.66. The molecule has 0 N–H and O–H groups in total. The molecule has 0 saturated carbocycles. The van der Waals surface area contributed by atoms with Crippen molar-refractivity contribution in [3.05, 3.63) is 59.9 Å². The van der Waals surface area contributed by atoms with Crippen LogP contribution in [0.1, 0.15) is 22.3 Å². The fourth-order valence-electron chi connectivity index (χ4n) is 3.66. The molecular weight excluding hydrogens is 314 g/mol. The van der Waals surface area contributed by atoms with Gasteiger partial charge in [0.15, 0.2) is 0 Å². The minimum atomic E-state index is 0.171. The summed E-state index contributed by atoms with van der Waals surface area (Å²) in [6, 6.07) is 11.8. The zero-order valence-corrected chi connectivity index (χ0v) is 14.3. The Labute approximate surface area is 148 Å². The third kappa shape index (κ3) is 3.66. The van der Waals surface area contributed by atoms with E-state index in [0.29, 0.717) is 0 Å². The summed E-state index contributed by atoms with van der Waals surface area (Å²) in [5.74, 6) is 1.00. The summed E-state index contributed by atoms with van der Waals surface area (Å²) in [5.41, 5.74) is 2.04. The smallest absolute Gasteiger partial charge is 0.254 e. The van der Waals surface area contributed by atoms with E-state index in [-0.39, 0.29) is 12.0 Å². The van der Waals surface area contributed by atoms with Gasteiger partial charge in [0.2, 0.25) is 0 Å². The number of carbonyl (C=O) groups excluding carboxylic acids is 1. The molecule has 2 aliphatic rings. The van der Waals surface area contributed by atoms with E-state index in [2.05, 4.69) is 16.0 Å². The quantitative estimate of drug-likeness (QED) is 0.839. The van der Waals surface area contributed by atoms with Gasteiger partial charge in [-0.25, -0.2) is 0 Å². The standard InChI is InChI=1S/C20H23N3O2/c24-20-19-6-2-1-4-16(19)7-11-23(20)13-12-22-10-8-18(15-22)25-17-5-3-9-21-14-17/h1-6,9,14,18H,7-8,10-13,15H2. The summed E-state index contributed by atoms with van der Waals surface area (Å²) in [6.45, 7) is 4.43. The van der Waals surface area contributed by atoms with Crippen molar-refractivity contribution < 1.29 is 9.53 Å². The van der Waals surface area contributed by atoms with Crippen LogP contribution in [0.4, 0.5) is 0 Å². The Morgan fingerprint density at radius 3 is 2.92 bits per heavy atom. The number of rotatable bonds is 5. The zero-order valence-electron chi connectivity index (χ0n) is 14.3. The molecule has 0 spiro atoms. The molecule has 1 aromatic carbocycles. The molecule has 4 rings (SSSR count). The van der Waals surface area contributed by atoms with Gasteiger partial charge in [-0.2, -0.15) is 0 Å². The van der Waals surface area contributed by atoms with Crippen LogP contribution in [0.25, 0.3) is 0 Å². The number of hydrogen-bond donors (Lipinski definition) is 0. The molecule has 1 atom stereocenters. The van der Waals surface area contributed by atoms with Crippen LogP contribution >= 0.6 is 0 Å². The van der Waals surface area contributed by atoms with E-state index < -0.39 is 0 Å². The van der Waals surface area contributed by atoms with Crippen molar-refractivity contribution in [1.29, 1.82) is 0 Å². The Morgan fingerprint density at radius 1 is 1.12 bits per heavy atom. The number of fused-ring (bicyclic) bond motifs is 1. The molecule has 1 saturated heterocycles. The number of pyridine rings is 1. The Hall–Kier alpha value is -2.40. The molecule has 1 unspecified atom stereocenters. The Bertz CT molecular complexity index is 735. The Kier molecular flexibility index (Phi) is 4.65. The van der Waals surface area contributed by atoms with E-state index in [1.54, 1.807) is 12.4 Å². The average molecular weight is 337 g/mol. The molecular formula is C20H23N3O2. The number of hydrogen-bond acceptors (Lipinski definition) is 4. The van der Waals surface area contributed by atoms with Crippen LogP contribution < -0.4 is 4.74 Å². The van der Waals surface area contributed by atoms with Gasteiger partial charge in [-0.3, -0.25) is 14.7 Å². The number of carbonyl (C=O) groups is 1. The molecule has 3 heterocycles. The first-order valence-electron chi connectivity index (χ1n) is 8.96. The molecule has 0 bridgehead atoms. The minimum Gasteiger partial charge on any atom is -0.487 e. The van der Waals surface area contributed by atoms with Crippen molar-refractivity contribution in [3.8, 4) is 5.75 Å². The lowest BCUT2D eigenvalue weighted by Gasteiger charge is -2.30. The summed E-state index contributed by atoms with van der Waals surface area (Å²) in [4.78, 5) is 21.1. The van der Waals surface area contributed by atoms with E-state index in [4.69, 9.17) is 4.74 Å². The third-order valence-corrected chi connectivity index (χ3v) is 5.04. The van der Waals surface area contributed by atoms with Gasteiger partial charge in [-0.1, -0.05) is 18.2 Å². The highest BCUT2D eigenvalue weighted by Crippen LogP contribution is 2.20. The van der Waals surface area contributed by atoms with Crippen LogP contribution in [0.2, 0.25) is 0 Å². The summed E-state index contributed by atoms with van der Waals surface area (Å²) >= 11 is 0. The first-order chi connectivity index (χ1) is 12.3. The second-order valence-electron chi connectivity index (χ2n) is 6.72. The molecule has 0 radical (unpaired) electrons. The second kappa shape index (κ2) is 7.23. The van der Waals surface area contributed by atoms with Gasteiger partial charge in [-0.15, -0.1) is 0 Å². The molecule has 0 aliphatic carbocycles. The molecule has 5 nitrogen and oxygen atoms in total. The van der Waals surface area contributed by atoms with Gasteiger partial charge < -0.3 is 9.64 Å². The maximum atomic E-state index is 12.6. The van der Waals surface area contributed by atoms with Crippen LogP contribution in [-0.2, 0) is 6.42 Å². The van der Waals surface area contributed by atoms with Crippen molar-refractivity contribution in [2.24, 2.45) is 0 Å². The van der Waals surface area contributed by atoms with Crippen molar-refractivity contribution >= 4 is 5.91 Å². The number of ether oxygens (including phenoxy) is 1. The lowest BCUT2D eigenvalue weighted by Crippen LogP contribution is -2.42. The average Bonchev–Trinajstić information content (AvgIpc) is 3.10. The van der Waals surface area contributed by atoms with Crippen LogP contribution in [0.5, 0.6) is 5.75 Å². The minimum absolute atomic E-state index is 0.171. The van der Waals surface area contributed by atoms with Crippen LogP contribution in [-0.4, -0.2) is 59.5 Å². The molecule has 2 aromatic rings. The van der Waals surface area contributed by atoms with Gasteiger partial charge >= 0.3 is 0 Å². The Morgan fingerprint density at radius 2 is 2.04 bits per heavy atom. The maximum absolute atomic E-state index is 12.6. The number of amides is 1. The molecule has 130 valence electrons. The number of aromatic nitrogens is 1. The number of nitrogens with zero attached hydrogens (tertiary/aromatic N) is 3. The van der Waals surface area contributed by atoms with Gasteiger partial charge in [-0.05, 0) is 36.6 Å². The molecule has 1 aromatic heterocycles. The van der Waals surface area contributed by atoms with Gasteiger partial charge in [0.1, 0.15) is 11.9 Å². The fraction of sp³-hybridized carbons (Fsp3) is 0.400. The van der Waals surface area contributed by atoms with Crippen LogP contribution in [0.15, 0.2) is 48.8 Å². The van der Waals surface area contributed by atoms with E-state index >= 15 is 0 Å². The second-order valence-corrected chi connectivity index (χ2v) is 6.72. The van der Waals surface area contributed by atoms with Gasteiger partial charge in [0.05, 0.1) is 6.20 Å². The largest absolute Gasteiger partial charge is 0.487 e. The lowest BCUT2D eigenvalue weighted by atomic mass is 9.99. The molecule has 5 heteroatoms. The topological polar surface area (TPSA) is 45.7 Å². The van der Waals surface area contributed by atoms with Gasteiger partial charge in [0, 0.05) is 44.5 Å². The number of benzene rings is 1. The van der Waals surface area contributed by atoms with Crippen molar-refractivity contribution in [2.75, 3.05) is 32.7 Å². The van der Waals surface area contributed by atoms with Crippen LogP contribution in [0, 0.1) is 0 Å². The van der Waals surface area contributed by atoms with Gasteiger partial charge in [0.25, 0.3) is 5.91 Å². The summed E-state index contributed by atoms with van der Waals surface area (Å²) in [6.07, 6.45) is 5.69. The monoisotopic (exact) mass is 337 g/mol. The summed E-state index contributed by atoms with van der Waals surface area (Å²) < 4.78 is 5.98. The number of likely N-dealkylation sites (tertiary alicyclic amines) is 1. The predicted molar refractivity (Wildman–Crippen MR) is 95.8 cm³/mol. The van der Waals surface area contributed by atoms with Crippen LogP contribution in [0.3, 0.4) is 0 Å². The first kappa shape index (κ1) is 16.1. The summed E-state index contributed by atoms with van der Waals surface area (Å²) in [5, 5.41) is 0. The summed E-state index contributed by atoms with van der Waals surface area (Å²) in [7, 11) is 0. The zero-order chi connectivity index (χ0) is 17.1. The maximum Gasteiger partial charge on any atom is 0.254 e. The first-order valence-corrected chi connectivity index (χ1v) is 8.96. The normalized spacial score (nSPS) is 20.6. The highest BCUT2D eigenvalue weighted by atomic mass is 16.5. The van der Waals surface area contributed by atoms with E-state index in [0.717, 1.165) is 56.9 Å². The van der Waals surface area contributed by atoms with Crippen molar-refractivity contribution in [1.82, 2.24) is 14.8 Å². The SMILES string of the molecule is O=C1c2ccccc2CCN1CCN1CCC(Oc2cccnc2)C1. The third-order valence-electron chi connectivity index (χ3n) is 5.04. The highest BCUT2D eigenvalue weighted by molar-refractivity contribution is 5.96. The van der Waals surface area contributed by atoms with E-state index in [1.807, 2.05) is 35.2 Å². The molecule has 1 amide bonds. The molecule has 2 aliphatic heterocycles. The van der Waals surface area contributed by atoms with Crippen molar-refractivity contribution in [2.45, 2.75) is 18.9 Å². The lowest BCUT2D eigenvalue weighted by molar-refractivity contribution is 0.0722. The molecule has 1 fully saturated rings.